The van der Waals surface area contributed by atoms with E-state index in [0.29, 0.717) is 0 Å². The number of hydrogen-bond donors (Lipinski definition) is 1. The molecule has 0 unspecified atom stereocenters. The zero-order valence-electron chi connectivity index (χ0n) is 5.62. The number of carbonyl (C=O) groups is 1. The van der Waals surface area contributed by atoms with Gasteiger partial charge in [0.15, 0.2) is 0 Å². The average molecular weight is 142 g/mol. The van der Waals surface area contributed by atoms with Gasteiger partial charge in [-0.3, -0.25) is 0 Å². The van der Waals surface area contributed by atoms with Crippen LogP contribution in [0.4, 0.5) is 0 Å². The Labute approximate surface area is 59.3 Å². The minimum Gasteiger partial charge on any atom is -0.480 e. The first-order chi connectivity index (χ1) is 4.79. The molecule has 0 aliphatic heterocycles. The quantitative estimate of drug-likeness (QED) is 0.593. The predicted molar refractivity (Wildman–Crippen MR) is 35.7 cm³/mol. The molecule has 0 spiro atoms. The molecule has 1 aliphatic rings. The Hall–Kier alpha value is -0.830. The van der Waals surface area contributed by atoms with Crippen LogP contribution in [0.5, 0.6) is 0 Å². The van der Waals surface area contributed by atoms with Gasteiger partial charge in [0.2, 0.25) is 0 Å². The fraction of sp³-hybridized carbons (Fsp3) is 0.571. The van der Waals surface area contributed by atoms with Crippen LogP contribution >= 0.6 is 0 Å². The summed E-state index contributed by atoms with van der Waals surface area (Å²) in [7, 11) is 0. The van der Waals surface area contributed by atoms with E-state index in [2.05, 4.69) is 0 Å². The van der Waals surface area contributed by atoms with Crippen molar-refractivity contribution < 1.29 is 14.6 Å². The van der Waals surface area contributed by atoms with Crippen molar-refractivity contribution in [3.05, 3.63) is 12.2 Å². The molecule has 0 bridgehead atoms. The number of ether oxygens (including phenoxy) is 1. The lowest BCUT2D eigenvalue weighted by Gasteiger charge is -2.07. The van der Waals surface area contributed by atoms with Crippen LogP contribution in [-0.4, -0.2) is 23.8 Å². The van der Waals surface area contributed by atoms with E-state index in [0.717, 1.165) is 12.8 Å². The molecule has 1 rings (SSSR count). The Morgan fingerprint density at radius 2 is 2.20 bits per heavy atom. The summed E-state index contributed by atoms with van der Waals surface area (Å²) in [6.07, 6.45) is 5.83. The Morgan fingerprint density at radius 3 is 2.70 bits per heavy atom. The first kappa shape index (κ1) is 7.28. The number of aliphatic carboxylic acids is 1. The van der Waals surface area contributed by atoms with E-state index in [1.54, 1.807) is 0 Å². The van der Waals surface area contributed by atoms with Crippen molar-refractivity contribution in [2.45, 2.75) is 18.9 Å². The molecule has 0 fully saturated rings. The minimum atomic E-state index is -0.896. The molecule has 3 heteroatoms. The molecule has 0 aromatic heterocycles. The molecule has 0 atom stereocenters. The highest BCUT2D eigenvalue weighted by Gasteiger charge is 2.11. The van der Waals surface area contributed by atoms with Crippen molar-refractivity contribution in [2.24, 2.45) is 0 Å². The van der Waals surface area contributed by atoms with Crippen molar-refractivity contribution in [2.75, 3.05) is 6.61 Å². The fourth-order valence-corrected chi connectivity index (χ4v) is 0.917. The van der Waals surface area contributed by atoms with Gasteiger partial charge in [0.25, 0.3) is 0 Å². The second-order valence-electron chi connectivity index (χ2n) is 2.27. The summed E-state index contributed by atoms with van der Waals surface area (Å²) in [5, 5.41) is 8.23. The molecule has 0 heterocycles. The van der Waals surface area contributed by atoms with Crippen LogP contribution in [0.25, 0.3) is 0 Å². The van der Waals surface area contributed by atoms with Crippen LogP contribution in [0.2, 0.25) is 0 Å². The molecular formula is C7H10O3. The number of carboxylic acids is 1. The lowest BCUT2D eigenvalue weighted by Crippen LogP contribution is -2.14. The Balaban J connectivity index is 2.09. The summed E-state index contributed by atoms with van der Waals surface area (Å²) >= 11 is 0. The molecule has 1 aliphatic carbocycles. The second-order valence-corrected chi connectivity index (χ2v) is 2.27. The largest absolute Gasteiger partial charge is 0.480 e. The molecule has 0 amide bonds. The SMILES string of the molecule is O=C(O)COC1CC=CC1. The maximum atomic E-state index is 10.0. The highest BCUT2D eigenvalue weighted by atomic mass is 16.5. The van der Waals surface area contributed by atoms with Crippen LogP contribution in [0.3, 0.4) is 0 Å². The zero-order chi connectivity index (χ0) is 7.40. The molecule has 10 heavy (non-hydrogen) atoms. The molecule has 0 radical (unpaired) electrons. The second kappa shape index (κ2) is 3.37. The highest BCUT2D eigenvalue weighted by Crippen LogP contribution is 2.12. The average Bonchev–Trinajstić information content (AvgIpc) is 2.34. The van der Waals surface area contributed by atoms with Crippen LogP contribution in [0, 0.1) is 0 Å². The third kappa shape index (κ3) is 2.19. The summed E-state index contributed by atoms with van der Waals surface area (Å²) in [5.41, 5.74) is 0. The van der Waals surface area contributed by atoms with Crippen molar-refractivity contribution in [1.82, 2.24) is 0 Å². The monoisotopic (exact) mass is 142 g/mol. The molecule has 3 nitrogen and oxygen atoms in total. The van der Waals surface area contributed by atoms with E-state index in [1.165, 1.54) is 0 Å². The van der Waals surface area contributed by atoms with Gasteiger partial charge in [-0.2, -0.15) is 0 Å². The Bertz CT molecular complexity index is 143. The summed E-state index contributed by atoms with van der Waals surface area (Å²) in [6.45, 7) is -0.174. The van der Waals surface area contributed by atoms with Gasteiger partial charge in [0, 0.05) is 0 Å². The van der Waals surface area contributed by atoms with Crippen molar-refractivity contribution in [1.29, 1.82) is 0 Å². The van der Waals surface area contributed by atoms with Crippen LogP contribution in [-0.2, 0) is 9.53 Å². The normalized spacial score (nSPS) is 18.0. The van der Waals surface area contributed by atoms with Gasteiger partial charge in [0.1, 0.15) is 6.61 Å². The maximum Gasteiger partial charge on any atom is 0.329 e. The molecule has 0 aromatic carbocycles. The zero-order valence-corrected chi connectivity index (χ0v) is 5.62. The van der Waals surface area contributed by atoms with E-state index in [1.807, 2.05) is 12.2 Å². The van der Waals surface area contributed by atoms with Gasteiger partial charge in [-0.05, 0) is 12.8 Å². The van der Waals surface area contributed by atoms with E-state index in [9.17, 15) is 4.79 Å². The molecular weight excluding hydrogens is 132 g/mol. The molecule has 0 aromatic rings. The van der Waals surface area contributed by atoms with Gasteiger partial charge < -0.3 is 9.84 Å². The van der Waals surface area contributed by atoms with Gasteiger partial charge >= 0.3 is 5.97 Å². The van der Waals surface area contributed by atoms with Gasteiger partial charge in [-0.25, -0.2) is 4.79 Å². The van der Waals surface area contributed by atoms with E-state index < -0.39 is 5.97 Å². The molecule has 1 N–H and O–H groups in total. The van der Waals surface area contributed by atoms with Crippen molar-refractivity contribution in [3.63, 3.8) is 0 Å². The van der Waals surface area contributed by atoms with Crippen LogP contribution in [0.1, 0.15) is 12.8 Å². The van der Waals surface area contributed by atoms with Crippen LogP contribution in [0.15, 0.2) is 12.2 Å². The van der Waals surface area contributed by atoms with E-state index in [-0.39, 0.29) is 12.7 Å². The van der Waals surface area contributed by atoms with Gasteiger partial charge in [-0.15, -0.1) is 0 Å². The van der Waals surface area contributed by atoms with Gasteiger partial charge in [-0.1, -0.05) is 12.2 Å². The Kier molecular flexibility index (Phi) is 2.45. The number of hydrogen-bond acceptors (Lipinski definition) is 2. The summed E-state index contributed by atoms with van der Waals surface area (Å²) in [5.74, 6) is -0.896. The fourth-order valence-electron chi connectivity index (χ4n) is 0.917. The molecule has 0 saturated carbocycles. The molecule has 56 valence electrons. The van der Waals surface area contributed by atoms with E-state index >= 15 is 0 Å². The van der Waals surface area contributed by atoms with Crippen molar-refractivity contribution >= 4 is 5.97 Å². The highest BCUT2D eigenvalue weighted by molar-refractivity contribution is 5.68. The first-order valence-electron chi connectivity index (χ1n) is 3.27. The Morgan fingerprint density at radius 1 is 1.60 bits per heavy atom. The summed E-state index contributed by atoms with van der Waals surface area (Å²) in [4.78, 5) is 10.0. The number of rotatable bonds is 3. The predicted octanol–water partition coefficient (Wildman–Crippen LogP) is 0.806. The third-order valence-electron chi connectivity index (χ3n) is 1.41. The van der Waals surface area contributed by atoms with Crippen molar-refractivity contribution in [3.8, 4) is 0 Å². The minimum absolute atomic E-state index is 0.107. The van der Waals surface area contributed by atoms with E-state index in [4.69, 9.17) is 9.84 Å². The van der Waals surface area contributed by atoms with Gasteiger partial charge in [0.05, 0.1) is 6.10 Å². The standard InChI is InChI=1S/C7H10O3/c8-7(9)5-10-6-3-1-2-4-6/h1-2,6H,3-5H2,(H,8,9). The lowest BCUT2D eigenvalue weighted by molar-refractivity contribution is -0.144. The summed E-state index contributed by atoms with van der Waals surface area (Å²) < 4.78 is 5.00. The third-order valence-corrected chi connectivity index (χ3v) is 1.41. The summed E-state index contributed by atoms with van der Waals surface area (Å²) in [6, 6.07) is 0. The smallest absolute Gasteiger partial charge is 0.329 e. The lowest BCUT2D eigenvalue weighted by atomic mass is 10.3. The number of carboxylic acid groups (broad SMARTS) is 1. The molecule has 0 saturated heterocycles. The topological polar surface area (TPSA) is 46.5 Å². The first-order valence-corrected chi connectivity index (χ1v) is 3.27. The van der Waals surface area contributed by atoms with Crippen LogP contribution < -0.4 is 0 Å². The maximum absolute atomic E-state index is 10.0.